The number of rotatable bonds is 19. The number of aliphatic hydroxyl groups excluding tert-OH is 4. The van der Waals surface area contributed by atoms with Crippen molar-refractivity contribution < 1.29 is 25.2 Å². The lowest BCUT2D eigenvalue weighted by Crippen LogP contribution is -2.55. The summed E-state index contributed by atoms with van der Waals surface area (Å²) < 4.78 is 5.70. The first kappa shape index (κ1) is 30.2. The topological polar surface area (TPSA) is 90.2 Å². The standard InChI is InChI=1S/C30H51O5/c1-2-3-4-5-6-7-8-9-10-11-12-13-14-15-16-17-20-24-21-18-19-22-25(24)30-29(34)28(33)27(32)26(23-31)35-30/h18-19,21-22,26-29,31-34H,2-17,20,23H2,1H3/t26-,27-,28+,29+/m1/s1. The van der Waals surface area contributed by atoms with E-state index >= 15 is 0 Å². The van der Waals surface area contributed by atoms with Gasteiger partial charge in [-0.15, -0.1) is 0 Å². The molecule has 1 radical (unpaired) electrons. The zero-order chi connectivity index (χ0) is 25.3. The summed E-state index contributed by atoms with van der Waals surface area (Å²) in [6.07, 6.45) is 17.6. The summed E-state index contributed by atoms with van der Waals surface area (Å²) in [7, 11) is 0. The molecule has 1 aromatic carbocycles. The smallest absolute Gasteiger partial charge is 0.158 e. The van der Waals surface area contributed by atoms with Crippen molar-refractivity contribution in [2.24, 2.45) is 0 Å². The highest BCUT2D eigenvalue weighted by Crippen LogP contribution is 2.33. The van der Waals surface area contributed by atoms with E-state index in [1.54, 1.807) is 0 Å². The number of hydrogen-bond donors (Lipinski definition) is 4. The number of ether oxygens (including phenoxy) is 1. The molecular formula is C30H51O5. The lowest BCUT2D eigenvalue weighted by molar-refractivity contribution is -0.184. The van der Waals surface area contributed by atoms with Crippen LogP contribution in [-0.2, 0) is 11.2 Å². The average Bonchev–Trinajstić information content (AvgIpc) is 2.87. The van der Waals surface area contributed by atoms with E-state index in [4.69, 9.17) is 4.74 Å². The van der Waals surface area contributed by atoms with Crippen LogP contribution in [-0.4, -0.2) is 51.4 Å². The molecule has 4 N–H and O–H groups in total. The first-order valence-electron chi connectivity index (χ1n) is 14.4. The molecule has 1 aliphatic heterocycles. The summed E-state index contributed by atoms with van der Waals surface area (Å²) in [4.78, 5) is 0. The molecule has 2 rings (SSSR count). The fourth-order valence-corrected chi connectivity index (χ4v) is 5.07. The Kier molecular flexibility index (Phi) is 15.8. The Morgan fingerprint density at radius 2 is 1.14 bits per heavy atom. The van der Waals surface area contributed by atoms with Gasteiger partial charge in [0.05, 0.1) is 6.61 Å². The lowest BCUT2D eigenvalue weighted by Gasteiger charge is -2.40. The fourth-order valence-electron chi connectivity index (χ4n) is 5.07. The summed E-state index contributed by atoms with van der Waals surface area (Å²) in [6.45, 7) is 1.85. The third-order valence-electron chi connectivity index (χ3n) is 7.36. The Morgan fingerprint density at radius 3 is 1.66 bits per heavy atom. The Labute approximate surface area is 213 Å². The first-order chi connectivity index (χ1) is 17.1. The van der Waals surface area contributed by atoms with Crippen LogP contribution in [0.1, 0.15) is 121 Å². The van der Waals surface area contributed by atoms with Gasteiger partial charge in [-0.1, -0.05) is 128 Å². The highest BCUT2D eigenvalue weighted by molar-refractivity contribution is 5.39. The monoisotopic (exact) mass is 491 g/mol. The van der Waals surface area contributed by atoms with E-state index in [1.165, 1.54) is 96.3 Å². The van der Waals surface area contributed by atoms with Gasteiger partial charge in [0, 0.05) is 0 Å². The third kappa shape index (κ3) is 10.9. The molecular weight excluding hydrogens is 440 g/mol. The van der Waals surface area contributed by atoms with E-state index in [2.05, 4.69) is 6.92 Å². The highest BCUT2D eigenvalue weighted by atomic mass is 16.5. The molecule has 1 fully saturated rings. The summed E-state index contributed by atoms with van der Waals surface area (Å²) >= 11 is 0. The van der Waals surface area contributed by atoms with Gasteiger partial charge < -0.3 is 25.2 Å². The fraction of sp³-hybridized carbons (Fsp3) is 0.767. The van der Waals surface area contributed by atoms with Gasteiger partial charge in [-0.05, 0) is 24.0 Å². The van der Waals surface area contributed by atoms with Gasteiger partial charge >= 0.3 is 0 Å². The van der Waals surface area contributed by atoms with Crippen LogP contribution in [0.25, 0.3) is 0 Å². The number of unbranched alkanes of at least 4 members (excludes halogenated alkanes) is 15. The number of benzene rings is 1. The quantitative estimate of drug-likeness (QED) is 0.182. The van der Waals surface area contributed by atoms with Crippen molar-refractivity contribution >= 4 is 0 Å². The van der Waals surface area contributed by atoms with Gasteiger partial charge in [0.1, 0.15) is 24.4 Å². The molecule has 0 unspecified atom stereocenters. The van der Waals surface area contributed by atoms with E-state index in [-0.39, 0.29) is 6.10 Å². The molecule has 5 heteroatoms. The molecule has 4 atom stereocenters. The lowest BCUT2D eigenvalue weighted by atomic mass is 9.88. The van der Waals surface area contributed by atoms with Crippen molar-refractivity contribution in [3.05, 3.63) is 41.5 Å². The Bertz CT molecular complexity index is 649. The van der Waals surface area contributed by atoms with Crippen molar-refractivity contribution in [2.45, 2.75) is 140 Å². The molecule has 0 aromatic heterocycles. The molecule has 0 saturated carbocycles. The second kappa shape index (κ2) is 18.3. The van der Waals surface area contributed by atoms with Gasteiger partial charge in [-0.25, -0.2) is 0 Å². The molecule has 0 aliphatic carbocycles. The molecule has 1 aliphatic rings. The minimum absolute atomic E-state index is 0.244. The Morgan fingerprint density at radius 1 is 0.657 bits per heavy atom. The maximum Gasteiger partial charge on any atom is 0.158 e. The zero-order valence-electron chi connectivity index (χ0n) is 22.0. The average molecular weight is 492 g/mol. The van der Waals surface area contributed by atoms with E-state index in [0.717, 1.165) is 24.0 Å². The maximum absolute atomic E-state index is 10.5. The highest BCUT2D eigenvalue weighted by Gasteiger charge is 2.45. The molecule has 1 heterocycles. The van der Waals surface area contributed by atoms with Crippen LogP contribution in [0.2, 0.25) is 0 Å². The van der Waals surface area contributed by atoms with Crippen LogP contribution in [0.5, 0.6) is 0 Å². The first-order valence-corrected chi connectivity index (χ1v) is 14.4. The van der Waals surface area contributed by atoms with Crippen LogP contribution in [0.3, 0.4) is 0 Å². The summed E-state index contributed by atoms with van der Waals surface area (Å²) in [5.41, 5.74) is 1.82. The van der Waals surface area contributed by atoms with Crippen molar-refractivity contribution in [3.8, 4) is 0 Å². The molecule has 1 aromatic rings. The van der Waals surface area contributed by atoms with Gasteiger partial charge in [0.2, 0.25) is 0 Å². The van der Waals surface area contributed by atoms with Crippen LogP contribution in [0.15, 0.2) is 24.3 Å². The summed E-state index contributed by atoms with van der Waals surface area (Å²) in [5.74, 6) is 0. The van der Waals surface area contributed by atoms with E-state index in [1.807, 2.05) is 24.3 Å². The van der Waals surface area contributed by atoms with Crippen LogP contribution >= 0.6 is 0 Å². The number of aryl methyl sites for hydroxylation is 1. The van der Waals surface area contributed by atoms with Crippen molar-refractivity contribution in [1.82, 2.24) is 0 Å². The molecule has 35 heavy (non-hydrogen) atoms. The molecule has 0 bridgehead atoms. The largest absolute Gasteiger partial charge is 0.394 e. The molecule has 0 spiro atoms. The summed E-state index contributed by atoms with van der Waals surface area (Å²) in [5, 5.41) is 40.1. The second-order valence-corrected chi connectivity index (χ2v) is 10.3. The molecule has 5 nitrogen and oxygen atoms in total. The summed E-state index contributed by atoms with van der Waals surface area (Å²) in [6, 6.07) is 7.74. The van der Waals surface area contributed by atoms with E-state index < -0.39 is 31.0 Å². The zero-order valence-corrected chi connectivity index (χ0v) is 22.0. The van der Waals surface area contributed by atoms with Gasteiger partial charge in [-0.2, -0.15) is 0 Å². The Hall–Kier alpha value is -0.980. The van der Waals surface area contributed by atoms with Gasteiger partial charge in [-0.3, -0.25) is 0 Å². The van der Waals surface area contributed by atoms with Crippen molar-refractivity contribution in [2.75, 3.05) is 6.61 Å². The minimum atomic E-state index is -1.38. The van der Waals surface area contributed by atoms with Crippen molar-refractivity contribution in [3.63, 3.8) is 0 Å². The minimum Gasteiger partial charge on any atom is -0.394 e. The van der Waals surface area contributed by atoms with Crippen LogP contribution in [0, 0.1) is 6.10 Å². The van der Waals surface area contributed by atoms with E-state index in [9.17, 15) is 20.4 Å². The predicted octanol–water partition coefficient (Wildman–Crippen LogP) is 5.84. The van der Waals surface area contributed by atoms with Gasteiger partial charge in [0.25, 0.3) is 0 Å². The molecule has 1 saturated heterocycles. The predicted molar refractivity (Wildman–Crippen MR) is 142 cm³/mol. The normalized spacial score (nSPS) is 23.1. The van der Waals surface area contributed by atoms with Crippen LogP contribution in [0.4, 0.5) is 0 Å². The molecule has 0 amide bonds. The third-order valence-corrected chi connectivity index (χ3v) is 7.36. The van der Waals surface area contributed by atoms with Crippen molar-refractivity contribution in [1.29, 1.82) is 0 Å². The second-order valence-electron chi connectivity index (χ2n) is 10.3. The SMILES string of the molecule is CCCCCCCCCCCCCCCCCCc1ccccc1[C]1O[C@H](CO)[C@@H](O)[C@H](O)[C@@H]1O. The number of hydrogen-bond acceptors (Lipinski definition) is 5. The number of aliphatic hydroxyl groups is 4. The Balaban J connectivity index is 1.56. The molecule has 201 valence electrons. The maximum atomic E-state index is 10.5. The van der Waals surface area contributed by atoms with Crippen LogP contribution < -0.4 is 0 Å². The van der Waals surface area contributed by atoms with E-state index in [0.29, 0.717) is 0 Å². The van der Waals surface area contributed by atoms with Gasteiger partial charge in [0.15, 0.2) is 6.10 Å².